The molecule has 0 aliphatic carbocycles. The van der Waals surface area contributed by atoms with E-state index >= 15 is 0 Å². The van der Waals surface area contributed by atoms with Crippen molar-refractivity contribution in [3.8, 4) is 0 Å². The zero-order valence-corrected chi connectivity index (χ0v) is 19.2. The zero-order chi connectivity index (χ0) is 20.9. The van der Waals surface area contributed by atoms with Crippen molar-refractivity contribution < 1.29 is 9.53 Å². The first-order chi connectivity index (χ1) is 14.7. The highest BCUT2D eigenvalue weighted by Gasteiger charge is 2.23. The molecule has 2 heterocycles. The van der Waals surface area contributed by atoms with E-state index in [1.807, 2.05) is 53.6 Å². The van der Waals surface area contributed by atoms with Crippen LogP contribution in [-0.4, -0.2) is 61.4 Å². The Labute approximate surface area is 190 Å². The molecular formula is C22H24ClN3O2S2. The maximum atomic E-state index is 13.6. The van der Waals surface area contributed by atoms with Gasteiger partial charge < -0.3 is 4.74 Å². The summed E-state index contributed by atoms with van der Waals surface area (Å²) in [6.07, 6.45) is 2.87. The van der Waals surface area contributed by atoms with E-state index in [0.29, 0.717) is 17.1 Å². The number of carbonyl (C=O) groups excluding carboxylic acids is 1. The van der Waals surface area contributed by atoms with Gasteiger partial charge in [0.15, 0.2) is 5.13 Å². The third-order valence-electron chi connectivity index (χ3n) is 5.11. The number of thiazole rings is 1. The minimum atomic E-state index is -0.00733. The van der Waals surface area contributed by atoms with Crippen molar-refractivity contribution in [3.63, 3.8) is 0 Å². The number of nitrogens with zero attached hydrogens (tertiary/aromatic N) is 3. The lowest BCUT2D eigenvalue weighted by Gasteiger charge is -2.28. The van der Waals surface area contributed by atoms with Gasteiger partial charge in [-0.2, -0.15) is 0 Å². The number of benzene rings is 2. The van der Waals surface area contributed by atoms with Crippen LogP contribution in [0.25, 0.3) is 10.2 Å². The summed E-state index contributed by atoms with van der Waals surface area (Å²) in [7, 11) is 0. The zero-order valence-electron chi connectivity index (χ0n) is 16.8. The van der Waals surface area contributed by atoms with Gasteiger partial charge in [0.25, 0.3) is 5.91 Å². The van der Waals surface area contributed by atoms with Gasteiger partial charge in [-0.05, 0) is 43.0 Å². The fourth-order valence-electron chi connectivity index (χ4n) is 3.53. The summed E-state index contributed by atoms with van der Waals surface area (Å²) in [5, 5.41) is 1.39. The van der Waals surface area contributed by atoms with Crippen LogP contribution in [0.5, 0.6) is 0 Å². The first-order valence-corrected chi connectivity index (χ1v) is 12.4. The average molecular weight is 462 g/mol. The van der Waals surface area contributed by atoms with E-state index in [-0.39, 0.29) is 5.91 Å². The molecule has 30 heavy (non-hydrogen) atoms. The molecule has 0 unspecified atom stereocenters. The standard InChI is InChI=1S/C22H24ClN3O2S2/c1-29-19-6-3-2-5-17(19)21(27)26(10-4-9-25-11-13-28-14-12-25)22-24-18-8-7-16(23)15-20(18)30-22/h2-3,5-8,15H,4,9-14H2,1H3. The lowest BCUT2D eigenvalue weighted by Crippen LogP contribution is -2.39. The summed E-state index contributed by atoms with van der Waals surface area (Å²) >= 11 is 9.25. The highest BCUT2D eigenvalue weighted by atomic mass is 35.5. The van der Waals surface area contributed by atoms with Crippen LogP contribution in [-0.2, 0) is 4.74 Å². The maximum absolute atomic E-state index is 13.6. The first kappa shape index (κ1) is 21.6. The summed E-state index contributed by atoms with van der Waals surface area (Å²) in [5.74, 6) is -0.00733. The molecular weight excluding hydrogens is 438 g/mol. The molecule has 0 atom stereocenters. The number of carbonyl (C=O) groups is 1. The molecule has 1 aliphatic rings. The second-order valence-electron chi connectivity index (χ2n) is 7.07. The van der Waals surface area contributed by atoms with Gasteiger partial charge in [-0.1, -0.05) is 35.1 Å². The lowest BCUT2D eigenvalue weighted by atomic mass is 10.2. The molecule has 1 aliphatic heterocycles. The van der Waals surface area contributed by atoms with Crippen LogP contribution < -0.4 is 4.90 Å². The van der Waals surface area contributed by atoms with Crippen molar-refractivity contribution in [2.45, 2.75) is 11.3 Å². The highest BCUT2D eigenvalue weighted by molar-refractivity contribution is 7.98. The minimum Gasteiger partial charge on any atom is -0.379 e. The Morgan fingerprint density at radius 1 is 1.27 bits per heavy atom. The molecule has 0 N–H and O–H groups in total. The third kappa shape index (κ3) is 4.98. The summed E-state index contributed by atoms with van der Waals surface area (Å²) in [6, 6.07) is 13.4. The van der Waals surface area contributed by atoms with Crippen LogP contribution in [0, 0.1) is 0 Å². The van der Waals surface area contributed by atoms with Crippen molar-refractivity contribution in [1.29, 1.82) is 0 Å². The number of ether oxygens (including phenoxy) is 1. The summed E-state index contributed by atoms with van der Waals surface area (Å²) in [4.78, 5) is 23.5. The monoisotopic (exact) mass is 461 g/mol. The van der Waals surface area contributed by atoms with Crippen LogP contribution in [0.1, 0.15) is 16.8 Å². The van der Waals surface area contributed by atoms with E-state index in [1.165, 1.54) is 11.3 Å². The fourth-order valence-corrected chi connectivity index (χ4v) is 5.39. The van der Waals surface area contributed by atoms with Gasteiger partial charge in [-0.25, -0.2) is 4.98 Å². The summed E-state index contributed by atoms with van der Waals surface area (Å²) in [6.45, 7) is 5.01. The number of hydrogen-bond donors (Lipinski definition) is 0. The molecule has 5 nitrogen and oxygen atoms in total. The molecule has 0 radical (unpaired) electrons. The minimum absolute atomic E-state index is 0.00733. The van der Waals surface area contributed by atoms with E-state index < -0.39 is 0 Å². The van der Waals surface area contributed by atoms with E-state index in [0.717, 1.165) is 59.5 Å². The van der Waals surface area contributed by atoms with Crippen LogP contribution in [0.15, 0.2) is 47.4 Å². The van der Waals surface area contributed by atoms with Gasteiger partial charge >= 0.3 is 0 Å². The molecule has 0 spiro atoms. The lowest BCUT2D eigenvalue weighted by molar-refractivity contribution is 0.0376. The molecule has 1 amide bonds. The van der Waals surface area contributed by atoms with Crippen LogP contribution in [0.4, 0.5) is 5.13 Å². The van der Waals surface area contributed by atoms with Gasteiger partial charge in [0.1, 0.15) is 0 Å². The van der Waals surface area contributed by atoms with Crippen molar-refractivity contribution in [2.75, 3.05) is 50.5 Å². The summed E-state index contributed by atoms with van der Waals surface area (Å²) < 4.78 is 6.42. The molecule has 2 aromatic carbocycles. The van der Waals surface area contributed by atoms with Gasteiger partial charge in [0.05, 0.1) is 29.0 Å². The van der Waals surface area contributed by atoms with Gasteiger partial charge in [0.2, 0.25) is 0 Å². The third-order valence-corrected chi connectivity index (χ3v) is 7.18. The number of amides is 1. The molecule has 8 heteroatoms. The molecule has 0 saturated carbocycles. The predicted octanol–water partition coefficient (Wildman–Crippen LogP) is 5.04. The van der Waals surface area contributed by atoms with Crippen LogP contribution >= 0.6 is 34.7 Å². The van der Waals surface area contributed by atoms with E-state index in [9.17, 15) is 4.79 Å². The number of hydrogen-bond acceptors (Lipinski definition) is 6. The van der Waals surface area contributed by atoms with Crippen molar-refractivity contribution >= 4 is 56.0 Å². The molecule has 158 valence electrons. The Bertz CT molecular complexity index is 1020. The number of morpholine rings is 1. The number of rotatable bonds is 7. The Kier molecular flexibility index (Phi) is 7.28. The molecule has 1 aromatic heterocycles. The number of fused-ring (bicyclic) bond motifs is 1. The fraction of sp³-hybridized carbons (Fsp3) is 0.364. The largest absolute Gasteiger partial charge is 0.379 e. The van der Waals surface area contributed by atoms with Crippen molar-refractivity contribution in [1.82, 2.24) is 9.88 Å². The Balaban J connectivity index is 1.60. The van der Waals surface area contributed by atoms with Crippen molar-refractivity contribution in [3.05, 3.63) is 53.1 Å². The Morgan fingerprint density at radius 2 is 2.07 bits per heavy atom. The molecule has 0 bridgehead atoms. The van der Waals surface area contributed by atoms with Crippen LogP contribution in [0.2, 0.25) is 5.02 Å². The Morgan fingerprint density at radius 3 is 2.87 bits per heavy atom. The molecule has 4 rings (SSSR count). The molecule has 1 saturated heterocycles. The number of aromatic nitrogens is 1. The second kappa shape index (κ2) is 10.1. The normalized spacial score (nSPS) is 14.9. The number of halogens is 1. The van der Waals surface area contributed by atoms with Gasteiger partial charge in [-0.15, -0.1) is 11.8 Å². The average Bonchev–Trinajstić information content (AvgIpc) is 3.19. The number of anilines is 1. The highest BCUT2D eigenvalue weighted by Crippen LogP contribution is 2.32. The predicted molar refractivity (Wildman–Crippen MR) is 126 cm³/mol. The molecule has 3 aromatic rings. The van der Waals surface area contributed by atoms with Gasteiger partial charge in [0, 0.05) is 36.1 Å². The van der Waals surface area contributed by atoms with Crippen LogP contribution in [0.3, 0.4) is 0 Å². The van der Waals surface area contributed by atoms with Gasteiger partial charge in [-0.3, -0.25) is 14.6 Å². The van der Waals surface area contributed by atoms with E-state index in [4.69, 9.17) is 21.3 Å². The Hall–Kier alpha value is -1.64. The smallest absolute Gasteiger partial charge is 0.261 e. The second-order valence-corrected chi connectivity index (χ2v) is 9.37. The summed E-state index contributed by atoms with van der Waals surface area (Å²) in [5.41, 5.74) is 1.58. The first-order valence-electron chi connectivity index (χ1n) is 9.97. The SMILES string of the molecule is CSc1ccccc1C(=O)N(CCCN1CCOCC1)c1nc2ccc(Cl)cc2s1. The quantitative estimate of drug-likeness (QED) is 0.461. The molecule has 1 fully saturated rings. The van der Waals surface area contributed by atoms with E-state index in [2.05, 4.69) is 4.90 Å². The maximum Gasteiger partial charge on any atom is 0.261 e. The topological polar surface area (TPSA) is 45.7 Å². The van der Waals surface area contributed by atoms with E-state index in [1.54, 1.807) is 11.8 Å². The van der Waals surface area contributed by atoms with Crippen molar-refractivity contribution in [2.24, 2.45) is 0 Å². The number of thioether (sulfide) groups is 1.